The molecular formula is C10H10BrN3S. The van der Waals surface area contributed by atoms with E-state index in [9.17, 15) is 0 Å². The summed E-state index contributed by atoms with van der Waals surface area (Å²) in [4.78, 5) is 9.55. The van der Waals surface area contributed by atoms with Crippen LogP contribution in [-0.4, -0.2) is 21.8 Å². The number of hydrogen-bond donors (Lipinski definition) is 1. The highest BCUT2D eigenvalue weighted by Gasteiger charge is 2.01. The monoisotopic (exact) mass is 283 g/mol. The molecule has 3 nitrogen and oxygen atoms in total. The Morgan fingerprint density at radius 1 is 1.40 bits per heavy atom. The van der Waals surface area contributed by atoms with Crippen molar-refractivity contribution in [3.8, 4) is 10.6 Å². The van der Waals surface area contributed by atoms with Gasteiger partial charge in [-0.3, -0.25) is 0 Å². The third-order valence-electron chi connectivity index (χ3n) is 1.84. The van der Waals surface area contributed by atoms with Crippen LogP contribution in [0, 0.1) is 0 Å². The molecule has 0 radical (unpaired) electrons. The molecule has 0 bridgehead atoms. The maximum absolute atomic E-state index is 4.24. The summed E-state index contributed by atoms with van der Waals surface area (Å²) >= 11 is 5.04. The van der Waals surface area contributed by atoms with Gasteiger partial charge < -0.3 is 5.32 Å². The van der Waals surface area contributed by atoms with Crippen molar-refractivity contribution in [1.82, 2.24) is 9.97 Å². The van der Waals surface area contributed by atoms with Crippen molar-refractivity contribution in [3.63, 3.8) is 0 Å². The molecule has 0 aliphatic carbocycles. The number of rotatable bonds is 4. The van der Waals surface area contributed by atoms with E-state index in [0.717, 1.165) is 23.4 Å². The van der Waals surface area contributed by atoms with Gasteiger partial charge in [-0.15, -0.1) is 11.3 Å². The Balaban J connectivity index is 2.19. The molecule has 0 atom stereocenters. The molecule has 0 saturated carbocycles. The van der Waals surface area contributed by atoms with Crippen LogP contribution in [0.1, 0.15) is 0 Å². The third kappa shape index (κ3) is 2.76. The number of hydrogen-bond acceptors (Lipinski definition) is 4. The fourth-order valence-corrected chi connectivity index (χ4v) is 2.08. The molecule has 0 unspecified atom stereocenters. The Morgan fingerprint density at radius 2 is 2.33 bits per heavy atom. The Morgan fingerprint density at radius 3 is 3.07 bits per heavy atom. The van der Waals surface area contributed by atoms with Gasteiger partial charge in [0.05, 0.1) is 10.6 Å². The second-order valence-electron chi connectivity index (χ2n) is 2.88. The predicted molar refractivity (Wildman–Crippen MR) is 67.6 cm³/mol. The number of nitrogens with zero attached hydrogens (tertiary/aromatic N) is 2. The number of aromatic nitrogens is 2. The molecule has 0 fully saturated rings. The van der Waals surface area contributed by atoms with Crippen molar-refractivity contribution in [2.45, 2.75) is 0 Å². The molecule has 0 saturated heterocycles. The minimum absolute atomic E-state index is 0.862. The lowest BCUT2D eigenvalue weighted by atomic mass is 10.3. The first-order valence-corrected chi connectivity index (χ1v) is 6.56. The summed E-state index contributed by atoms with van der Waals surface area (Å²) in [7, 11) is 0. The van der Waals surface area contributed by atoms with E-state index >= 15 is 0 Å². The van der Waals surface area contributed by atoms with Gasteiger partial charge in [0.2, 0.25) is 0 Å². The lowest BCUT2D eigenvalue weighted by molar-refractivity contribution is 1.12. The highest BCUT2D eigenvalue weighted by atomic mass is 79.9. The molecule has 2 heterocycles. The number of thiophene rings is 1. The normalized spacial score (nSPS) is 10.2. The molecule has 0 amide bonds. The molecule has 78 valence electrons. The summed E-state index contributed by atoms with van der Waals surface area (Å²) in [5.74, 6) is 0.868. The first-order valence-electron chi connectivity index (χ1n) is 4.56. The fraction of sp³-hybridized carbons (Fsp3) is 0.200. The molecular weight excluding hydrogens is 274 g/mol. The third-order valence-corrected chi connectivity index (χ3v) is 3.13. The van der Waals surface area contributed by atoms with Crippen LogP contribution < -0.4 is 5.32 Å². The van der Waals surface area contributed by atoms with Crippen molar-refractivity contribution in [3.05, 3.63) is 29.9 Å². The van der Waals surface area contributed by atoms with Crippen molar-refractivity contribution in [2.24, 2.45) is 0 Å². The molecule has 0 aromatic carbocycles. The summed E-state index contributed by atoms with van der Waals surface area (Å²) in [6.45, 7) is 0.862. The molecule has 2 aromatic heterocycles. The van der Waals surface area contributed by atoms with Gasteiger partial charge in [0.1, 0.15) is 12.1 Å². The first kappa shape index (κ1) is 10.6. The SMILES string of the molecule is BrCCNc1cc(-c2cccs2)ncn1. The zero-order valence-electron chi connectivity index (χ0n) is 7.98. The Labute approximate surface area is 101 Å². The maximum atomic E-state index is 4.24. The van der Waals surface area contributed by atoms with Gasteiger partial charge in [-0.2, -0.15) is 0 Å². The Hall–Kier alpha value is -0.940. The van der Waals surface area contributed by atoms with Crippen LogP contribution in [0.4, 0.5) is 5.82 Å². The summed E-state index contributed by atoms with van der Waals surface area (Å²) in [6.07, 6.45) is 1.59. The van der Waals surface area contributed by atoms with Gasteiger partial charge in [0, 0.05) is 17.9 Å². The quantitative estimate of drug-likeness (QED) is 0.877. The van der Waals surface area contributed by atoms with Gasteiger partial charge in [0.25, 0.3) is 0 Å². The van der Waals surface area contributed by atoms with E-state index in [1.807, 2.05) is 17.5 Å². The second kappa shape index (κ2) is 5.23. The lowest BCUT2D eigenvalue weighted by Gasteiger charge is -2.03. The van der Waals surface area contributed by atoms with E-state index in [0.29, 0.717) is 0 Å². The second-order valence-corrected chi connectivity index (χ2v) is 4.62. The van der Waals surface area contributed by atoms with E-state index in [2.05, 4.69) is 37.3 Å². The summed E-state index contributed by atoms with van der Waals surface area (Å²) < 4.78 is 0. The van der Waals surface area contributed by atoms with Gasteiger partial charge in [-0.1, -0.05) is 22.0 Å². The van der Waals surface area contributed by atoms with Crippen LogP contribution in [0.25, 0.3) is 10.6 Å². The number of anilines is 1. The van der Waals surface area contributed by atoms with Crippen LogP contribution in [0.2, 0.25) is 0 Å². The van der Waals surface area contributed by atoms with E-state index < -0.39 is 0 Å². The smallest absolute Gasteiger partial charge is 0.130 e. The Bertz CT molecular complexity index is 416. The average molecular weight is 284 g/mol. The largest absolute Gasteiger partial charge is 0.369 e. The molecule has 2 aromatic rings. The molecule has 0 aliphatic heterocycles. The van der Waals surface area contributed by atoms with Crippen LogP contribution in [0.5, 0.6) is 0 Å². The van der Waals surface area contributed by atoms with Crippen molar-refractivity contribution >= 4 is 33.1 Å². The standard InChI is InChI=1S/C10H10BrN3S/c11-3-4-12-10-6-8(13-7-14-10)9-2-1-5-15-9/h1-2,5-7H,3-4H2,(H,12,13,14). The molecule has 0 spiro atoms. The van der Waals surface area contributed by atoms with Gasteiger partial charge in [0.15, 0.2) is 0 Å². The van der Waals surface area contributed by atoms with Crippen LogP contribution >= 0.6 is 27.3 Å². The lowest BCUT2D eigenvalue weighted by Crippen LogP contribution is -2.04. The topological polar surface area (TPSA) is 37.8 Å². The predicted octanol–water partition coefficient (Wildman–Crippen LogP) is 3.01. The number of nitrogens with one attached hydrogen (secondary N) is 1. The average Bonchev–Trinajstić information content (AvgIpc) is 2.80. The van der Waals surface area contributed by atoms with Crippen molar-refractivity contribution in [2.75, 3.05) is 17.2 Å². The van der Waals surface area contributed by atoms with E-state index in [-0.39, 0.29) is 0 Å². The Kier molecular flexibility index (Phi) is 3.69. The summed E-state index contributed by atoms with van der Waals surface area (Å²) in [5, 5.41) is 6.16. The minimum Gasteiger partial charge on any atom is -0.369 e. The van der Waals surface area contributed by atoms with Crippen molar-refractivity contribution in [1.29, 1.82) is 0 Å². The highest BCUT2D eigenvalue weighted by Crippen LogP contribution is 2.23. The number of alkyl halides is 1. The maximum Gasteiger partial charge on any atom is 0.130 e. The molecule has 0 aliphatic rings. The highest BCUT2D eigenvalue weighted by molar-refractivity contribution is 9.09. The zero-order chi connectivity index (χ0) is 10.5. The first-order chi connectivity index (χ1) is 7.40. The van der Waals surface area contributed by atoms with E-state index in [4.69, 9.17) is 0 Å². The van der Waals surface area contributed by atoms with E-state index in [1.54, 1.807) is 17.7 Å². The van der Waals surface area contributed by atoms with Crippen LogP contribution in [0.15, 0.2) is 29.9 Å². The summed E-state index contributed by atoms with van der Waals surface area (Å²) in [5.41, 5.74) is 0.970. The van der Waals surface area contributed by atoms with Crippen molar-refractivity contribution < 1.29 is 0 Å². The van der Waals surface area contributed by atoms with E-state index in [1.165, 1.54) is 4.88 Å². The van der Waals surface area contributed by atoms with Gasteiger partial charge in [-0.25, -0.2) is 9.97 Å². The van der Waals surface area contributed by atoms with Gasteiger partial charge >= 0.3 is 0 Å². The minimum atomic E-state index is 0.862. The van der Waals surface area contributed by atoms with Crippen LogP contribution in [-0.2, 0) is 0 Å². The fourth-order valence-electron chi connectivity index (χ4n) is 1.19. The molecule has 5 heteroatoms. The molecule has 15 heavy (non-hydrogen) atoms. The molecule has 1 N–H and O–H groups in total. The van der Waals surface area contributed by atoms with Crippen LogP contribution in [0.3, 0.4) is 0 Å². The molecule has 2 rings (SSSR count). The number of halogens is 1. The summed E-state index contributed by atoms with van der Waals surface area (Å²) in [6, 6.07) is 6.05. The van der Waals surface area contributed by atoms with Gasteiger partial charge in [-0.05, 0) is 11.4 Å². The zero-order valence-corrected chi connectivity index (χ0v) is 10.4.